The predicted molar refractivity (Wildman–Crippen MR) is 89.6 cm³/mol. The minimum atomic E-state index is -1.10. The molecule has 128 valence electrons. The summed E-state index contributed by atoms with van der Waals surface area (Å²) in [6.45, 7) is 10.8. The van der Waals surface area contributed by atoms with E-state index in [1.807, 2.05) is 50.3 Å². The Hall–Kier alpha value is -1.20. The van der Waals surface area contributed by atoms with Gasteiger partial charge in [-0.25, -0.2) is 0 Å². The third kappa shape index (κ3) is 4.88. The molecule has 23 heavy (non-hydrogen) atoms. The average Bonchev–Trinajstić information content (AvgIpc) is 2.61. The molecular weight excluding hydrogens is 292 g/mol. The van der Waals surface area contributed by atoms with Gasteiger partial charge >= 0.3 is 0 Å². The van der Waals surface area contributed by atoms with Crippen LogP contribution in [0, 0.1) is 11.8 Å². The number of aliphatic hydroxyl groups excluding tert-OH is 1. The molecule has 1 heterocycles. The van der Waals surface area contributed by atoms with Gasteiger partial charge in [-0.2, -0.15) is 0 Å². The second kappa shape index (κ2) is 8.06. The quantitative estimate of drug-likeness (QED) is 0.815. The van der Waals surface area contributed by atoms with E-state index in [4.69, 9.17) is 14.2 Å². The fraction of sp³-hybridized carbons (Fsp3) is 0.579. The van der Waals surface area contributed by atoms with Crippen LogP contribution < -0.4 is 0 Å². The van der Waals surface area contributed by atoms with Gasteiger partial charge in [-0.05, 0) is 31.7 Å². The molecular formula is C19H28O4. The summed E-state index contributed by atoms with van der Waals surface area (Å²) in [6, 6.07) is 9.81. The molecule has 1 N–H and O–H groups in total. The van der Waals surface area contributed by atoms with Crippen molar-refractivity contribution in [2.45, 2.75) is 52.0 Å². The average molecular weight is 320 g/mol. The lowest BCUT2D eigenvalue weighted by atomic mass is 9.80. The molecule has 4 heteroatoms. The van der Waals surface area contributed by atoms with Gasteiger partial charge in [0.05, 0.1) is 18.8 Å². The number of benzene rings is 1. The van der Waals surface area contributed by atoms with E-state index in [1.165, 1.54) is 0 Å². The topological polar surface area (TPSA) is 47.9 Å². The van der Waals surface area contributed by atoms with E-state index in [2.05, 4.69) is 13.5 Å². The van der Waals surface area contributed by atoms with Gasteiger partial charge in [-0.1, -0.05) is 43.3 Å². The van der Waals surface area contributed by atoms with E-state index < -0.39 is 18.2 Å². The van der Waals surface area contributed by atoms with Gasteiger partial charge in [-0.3, -0.25) is 0 Å². The molecule has 0 spiro atoms. The number of allylic oxidation sites excluding steroid dienone is 1. The largest absolute Gasteiger partial charge is 0.364 e. The molecule has 0 amide bonds. The highest BCUT2D eigenvalue weighted by Gasteiger charge is 2.42. The number of ether oxygens (including phenoxy) is 3. The molecule has 0 radical (unpaired) electrons. The van der Waals surface area contributed by atoms with Crippen molar-refractivity contribution in [3.8, 4) is 0 Å². The van der Waals surface area contributed by atoms with Gasteiger partial charge in [0, 0.05) is 5.92 Å². The van der Waals surface area contributed by atoms with Crippen LogP contribution in [0.2, 0.25) is 0 Å². The number of aliphatic hydroxyl groups is 1. The summed E-state index contributed by atoms with van der Waals surface area (Å²) in [4.78, 5) is 0. The Balaban J connectivity index is 2.00. The Bertz CT molecular complexity index is 485. The highest BCUT2D eigenvalue weighted by molar-refractivity contribution is 5.13. The van der Waals surface area contributed by atoms with Crippen molar-refractivity contribution in [1.29, 1.82) is 0 Å². The van der Waals surface area contributed by atoms with Crippen LogP contribution in [0.1, 0.15) is 32.8 Å². The van der Waals surface area contributed by atoms with E-state index in [1.54, 1.807) is 0 Å². The third-order valence-electron chi connectivity index (χ3n) is 4.47. The van der Waals surface area contributed by atoms with E-state index in [0.717, 1.165) is 12.0 Å². The number of hydrogen-bond acceptors (Lipinski definition) is 4. The third-order valence-corrected chi connectivity index (χ3v) is 4.47. The van der Waals surface area contributed by atoms with Crippen LogP contribution in [0.25, 0.3) is 0 Å². The van der Waals surface area contributed by atoms with E-state index in [0.29, 0.717) is 19.1 Å². The molecule has 4 nitrogen and oxygen atoms in total. The van der Waals surface area contributed by atoms with Gasteiger partial charge in [-0.15, -0.1) is 6.58 Å². The van der Waals surface area contributed by atoms with Gasteiger partial charge in [0.25, 0.3) is 0 Å². The highest BCUT2D eigenvalue weighted by atomic mass is 16.7. The van der Waals surface area contributed by atoms with Gasteiger partial charge in [0.1, 0.15) is 0 Å². The van der Waals surface area contributed by atoms with Crippen LogP contribution in [0.5, 0.6) is 0 Å². The van der Waals surface area contributed by atoms with Crippen molar-refractivity contribution < 1.29 is 19.3 Å². The lowest BCUT2D eigenvalue weighted by Gasteiger charge is -2.36. The molecule has 1 saturated heterocycles. The molecule has 4 atom stereocenters. The van der Waals surface area contributed by atoms with Crippen LogP contribution in [0.15, 0.2) is 43.0 Å². The fourth-order valence-corrected chi connectivity index (χ4v) is 3.10. The second-order valence-corrected chi connectivity index (χ2v) is 6.72. The molecule has 0 aliphatic carbocycles. The molecule has 1 fully saturated rings. The summed E-state index contributed by atoms with van der Waals surface area (Å²) in [6.07, 6.45) is 0.905. The van der Waals surface area contributed by atoms with Crippen molar-refractivity contribution in [3.63, 3.8) is 0 Å². The molecule has 1 aromatic rings. The van der Waals surface area contributed by atoms with E-state index in [9.17, 15) is 5.11 Å². The monoisotopic (exact) mass is 320 g/mol. The summed E-state index contributed by atoms with van der Waals surface area (Å²) in [5.74, 6) is 0.503. The lowest BCUT2D eigenvalue weighted by Crippen LogP contribution is -2.42. The molecule has 0 aromatic heterocycles. The second-order valence-electron chi connectivity index (χ2n) is 6.72. The van der Waals surface area contributed by atoms with Crippen molar-refractivity contribution >= 4 is 0 Å². The molecule has 0 saturated carbocycles. The van der Waals surface area contributed by atoms with Crippen molar-refractivity contribution in [3.05, 3.63) is 48.6 Å². The number of hydrogen-bond donors (Lipinski definition) is 1. The smallest absolute Gasteiger partial charge is 0.209 e. The Morgan fingerprint density at radius 2 is 2.09 bits per heavy atom. The molecule has 1 aliphatic heterocycles. The van der Waals surface area contributed by atoms with Crippen molar-refractivity contribution in [1.82, 2.24) is 0 Å². The Morgan fingerprint density at radius 3 is 2.74 bits per heavy atom. The van der Waals surface area contributed by atoms with Gasteiger partial charge in [0.2, 0.25) is 12.6 Å². The van der Waals surface area contributed by atoms with Crippen LogP contribution in [0.4, 0.5) is 0 Å². The predicted octanol–water partition coefficient (Wildman–Crippen LogP) is 3.50. The minimum Gasteiger partial charge on any atom is -0.364 e. The first-order valence-corrected chi connectivity index (χ1v) is 8.18. The first-order valence-electron chi connectivity index (χ1n) is 8.18. The van der Waals surface area contributed by atoms with Crippen molar-refractivity contribution in [2.75, 3.05) is 6.61 Å². The Labute approximate surface area is 139 Å². The zero-order valence-electron chi connectivity index (χ0n) is 14.3. The summed E-state index contributed by atoms with van der Waals surface area (Å²) in [5.41, 5.74) is 0.538. The molecule has 0 bridgehead atoms. The normalized spacial score (nSPS) is 28.8. The highest BCUT2D eigenvalue weighted by Crippen LogP contribution is 2.35. The molecule has 3 unspecified atom stereocenters. The first-order chi connectivity index (χ1) is 10.9. The van der Waals surface area contributed by atoms with Crippen LogP contribution in [0.3, 0.4) is 0 Å². The van der Waals surface area contributed by atoms with E-state index >= 15 is 0 Å². The molecule has 2 rings (SSSR count). The maximum Gasteiger partial charge on any atom is 0.209 e. The van der Waals surface area contributed by atoms with Crippen LogP contribution in [-0.2, 0) is 20.8 Å². The Morgan fingerprint density at radius 1 is 1.39 bits per heavy atom. The lowest BCUT2D eigenvalue weighted by molar-refractivity contribution is -0.277. The van der Waals surface area contributed by atoms with Gasteiger partial charge in [0.15, 0.2) is 0 Å². The minimum absolute atomic E-state index is 0.153. The molecule has 1 aromatic carbocycles. The summed E-state index contributed by atoms with van der Waals surface area (Å²) < 4.78 is 17.4. The summed E-state index contributed by atoms with van der Waals surface area (Å²) in [5, 5.41) is 10.3. The standard InChI is InChI=1S/C19H28O4/c1-5-9-14(2)16-13-22-18(17(20)23-19(16,3)4)21-12-15-10-7-6-8-11-15/h5-8,10-11,14,16-18,20H,1,9,12-13H2,2-4H3/t14?,16?,17-,18?/m0/s1. The first kappa shape index (κ1) is 18.1. The van der Waals surface area contributed by atoms with Gasteiger partial charge < -0.3 is 19.3 Å². The van der Waals surface area contributed by atoms with Crippen LogP contribution in [-0.4, -0.2) is 29.9 Å². The van der Waals surface area contributed by atoms with E-state index in [-0.39, 0.29) is 5.92 Å². The SMILES string of the molecule is C=CCC(C)C1COC(OCc2ccccc2)[C@@H](O)OC1(C)C. The zero-order chi connectivity index (χ0) is 16.9. The van der Waals surface area contributed by atoms with Crippen LogP contribution >= 0.6 is 0 Å². The fourth-order valence-electron chi connectivity index (χ4n) is 3.10. The maximum atomic E-state index is 10.3. The maximum absolute atomic E-state index is 10.3. The number of rotatable bonds is 6. The summed E-state index contributed by atoms with van der Waals surface area (Å²) >= 11 is 0. The zero-order valence-corrected chi connectivity index (χ0v) is 14.3. The Kier molecular flexibility index (Phi) is 6.36. The van der Waals surface area contributed by atoms with Crippen molar-refractivity contribution in [2.24, 2.45) is 11.8 Å². The summed E-state index contributed by atoms with van der Waals surface area (Å²) in [7, 11) is 0. The molecule has 1 aliphatic rings.